The van der Waals surface area contributed by atoms with E-state index in [1.165, 1.54) is 18.2 Å². The molecule has 5 nitrogen and oxygen atoms in total. The van der Waals surface area contributed by atoms with Crippen molar-refractivity contribution < 1.29 is 14.4 Å². The summed E-state index contributed by atoms with van der Waals surface area (Å²) in [5.74, 6) is -1.18. The van der Waals surface area contributed by atoms with Crippen molar-refractivity contribution in [2.24, 2.45) is 16.8 Å². The van der Waals surface area contributed by atoms with Crippen LogP contribution in [0, 0.1) is 11.7 Å². The van der Waals surface area contributed by atoms with Gasteiger partial charge >= 0.3 is 0 Å². The Morgan fingerprint density at radius 1 is 1.53 bits per heavy atom. The fourth-order valence-electron chi connectivity index (χ4n) is 1.52. The molecule has 0 heterocycles. The molecule has 1 aliphatic carbocycles. The first-order chi connectivity index (χ1) is 8.13. The third-order valence-electron chi connectivity index (χ3n) is 2.58. The van der Waals surface area contributed by atoms with E-state index in [4.69, 9.17) is 10.9 Å². The number of hydrogen-bond donors (Lipinski definition) is 3. The number of nitrogens with two attached hydrogens (primary N) is 1. The highest BCUT2D eigenvalue weighted by atomic mass is 19.1. The van der Waals surface area contributed by atoms with E-state index in [1.54, 1.807) is 0 Å². The van der Waals surface area contributed by atoms with E-state index in [-0.39, 0.29) is 28.9 Å². The van der Waals surface area contributed by atoms with Crippen LogP contribution in [-0.4, -0.2) is 17.0 Å². The fourth-order valence-corrected chi connectivity index (χ4v) is 1.52. The fraction of sp³-hybridized carbons (Fsp3) is 0.273. The number of nitrogens with one attached hydrogen (secondary N) is 1. The lowest BCUT2D eigenvalue weighted by molar-refractivity contribution is -0.117. The zero-order valence-corrected chi connectivity index (χ0v) is 8.98. The summed E-state index contributed by atoms with van der Waals surface area (Å²) in [6, 6.07) is 4.14. The van der Waals surface area contributed by atoms with Crippen molar-refractivity contribution in [3.05, 3.63) is 29.6 Å². The Hall–Kier alpha value is -2.11. The molecule has 0 spiro atoms. The standard InChI is InChI=1S/C11H12FN3O2/c12-7-2-1-3-8(9(7)10(13)15-17)14-11(16)6-4-5-6/h1-3,6,17H,4-5H2,(H2,13,15)(H,14,16). The zero-order chi connectivity index (χ0) is 12.4. The number of carbonyl (C=O) groups excluding carboxylic acids is 1. The van der Waals surface area contributed by atoms with Gasteiger partial charge in [-0.1, -0.05) is 11.2 Å². The number of nitrogens with zero attached hydrogens (tertiary/aromatic N) is 1. The number of oxime groups is 1. The van der Waals surface area contributed by atoms with E-state index >= 15 is 0 Å². The number of benzene rings is 1. The highest BCUT2D eigenvalue weighted by Crippen LogP contribution is 2.31. The largest absolute Gasteiger partial charge is 0.409 e. The summed E-state index contributed by atoms with van der Waals surface area (Å²) >= 11 is 0. The van der Waals surface area contributed by atoms with Gasteiger partial charge < -0.3 is 16.3 Å². The van der Waals surface area contributed by atoms with Gasteiger partial charge in [-0.3, -0.25) is 4.79 Å². The topological polar surface area (TPSA) is 87.7 Å². The summed E-state index contributed by atoms with van der Waals surface area (Å²) in [5, 5.41) is 13.9. The normalized spacial score (nSPS) is 15.7. The summed E-state index contributed by atoms with van der Waals surface area (Å²) in [4.78, 5) is 11.6. The lowest BCUT2D eigenvalue weighted by atomic mass is 10.1. The number of halogens is 1. The molecule has 1 aliphatic rings. The van der Waals surface area contributed by atoms with Gasteiger partial charge in [0, 0.05) is 5.92 Å². The minimum Gasteiger partial charge on any atom is -0.409 e. The summed E-state index contributed by atoms with van der Waals surface area (Å²) < 4.78 is 13.5. The molecule has 0 bridgehead atoms. The first kappa shape index (κ1) is 11.4. The molecule has 0 saturated heterocycles. The van der Waals surface area contributed by atoms with Gasteiger partial charge in [0.1, 0.15) is 5.82 Å². The first-order valence-electron chi connectivity index (χ1n) is 5.20. The van der Waals surface area contributed by atoms with Crippen LogP contribution in [0.3, 0.4) is 0 Å². The van der Waals surface area contributed by atoms with E-state index in [9.17, 15) is 9.18 Å². The summed E-state index contributed by atoms with van der Waals surface area (Å²) in [7, 11) is 0. The molecule has 17 heavy (non-hydrogen) atoms. The van der Waals surface area contributed by atoms with Gasteiger partial charge in [-0.15, -0.1) is 0 Å². The Balaban J connectivity index is 2.32. The number of anilines is 1. The maximum absolute atomic E-state index is 13.5. The molecule has 1 fully saturated rings. The molecule has 1 amide bonds. The average molecular weight is 237 g/mol. The summed E-state index contributed by atoms with van der Waals surface area (Å²) in [6.07, 6.45) is 1.69. The van der Waals surface area contributed by atoms with Gasteiger partial charge in [-0.05, 0) is 25.0 Å². The second kappa shape index (κ2) is 4.40. The Labute approximate surface area is 97.1 Å². The van der Waals surface area contributed by atoms with Crippen LogP contribution in [0.1, 0.15) is 18.4 Å². The predicted octanol–water partition coefficient (Wildman–Crippen LogP) is 1.27. The maximum atomic E-state index is 13.5. The van der Waals surface area contributed by atoms with Crippen LogP contribution >= 0.6 is 0 Å². The Morgan fingerprint density at radius 3 is 2.82 bits per heavy atom. The predicted molar refractivity (Wildman–Crippen MR) is 60.3 cm³/mol. The van der Waals surface area contributed by atoms with Crippen LogP contribution in [0.2, 0.25) is 0 Å². The van der Waals surface area contributed by atoms with Crippen LogP contribution in [0.25, 0.3) is 0 Å². The maximum Gasteiger partial charge on any atom is 0.227 e. The van der Waals surface area contributed by atoms with E-state index in [1.807, 2.05) is 0 Å². The SMILES string of the molecule is N/C(=N/O)c1c(F)cccc1NC(=O)C1CC1. The Morgan fingerprint density at radius 2 is 2.24 bits per heavy atom. The van der Waals surface area contributed by atoms with E-state index in [2.05, 4.69) is 10.5 Å². The van der Waals surface area contributed by atoms with Gasteiger partial charge in [-0.2, -0.15) is 0 Å². The second-order valence-corrected chi connectivity index (χ2v) is 3.91. The van der Waals surface area contributed by atoms with Gasteiger partial charge in [0.25, 0.3) is 0 Å². The molecule has 1 saturated carbocycles. The number of hydrogen-bond acceptors (Lipinski definition) is 3. The molecule has 2 rings (SSSR count). The van der Waals surface area contributed by atoms with Crippen LogP contribution in [0.15, 0.2) is 23.4 Å². The number of amides is 1. The van der Waals surface area contributed by atoms with E-state index in [0.717, 1.165) is 12.8 Å². The molecular weight excluding hydrogens is 225 g/mol. The van der Waals surface area contributed by atoms with Crippen molar-refractivity contribution in [3.63, 3.8) is 0 Å². The van der Waals surface area contributed by atoms with Gasteiger partial charge in [0.05, 0.1) is 11.3 Å². The molecule has 0 unspecified atom stereocenters. The molecular formula is C11H12FN3O2. The van der Waals surface area contributed by atoms with Gasteiger partial charge in [-0.25, -0.2) is 4.39 Å². The monoisotopic (exact) mass is 237 g/mol. The van der Waals surface area contributed by atoms with E-state index < -0.39 is 5.82 Å². The van der Waals surface area contributed by atoms with Crippen LogP contribution in [0.5, 0.6) is 0 Å². The first-order valence-corrected chi connectivity index (χ1v) is 5.20. The van der Waals surface area contributed by atoms with Crippen molar-refractivity contribution in [2.75, 3.05) is 5.32 Å². The molecule has 4 N–H and O–H groups in total. The molecule has 0 radical (unpaired) electrons. The summed E-state index contributed by atoms with van der Waals surface area (Å²) in [6.45, 7) is 0. The lowest BCUT2D eigenvalue weighted by Crippen LogP contribution is -2.21. The average Bonchev–Trinajstić information content (AvgIpc) is 3.12. The third kappa shape index (κ3) is 2.35. The zero-order valence-electron chi connectivity index (χ0n) is 8.98. The van der Waals surface area contributed by atoms with Crippen molar-refractivity contribution in [1.29, 1.82) is 0 Å². The molecule has 90 valence electrons. The third-order valence-corrected chi connectivity index (χ3v) is 2.58. The Kier molecular flexibility index (Phi) is 2.95. The number of carbonyl (C=O) groups is 1. The molecule has 1 aromatic carbocycles. The molecule has 0 atom stereocenters. The lowest BCUT2D eigenvalue weighted by Gasteiger charge is -2.10. The van der Waals surface area contributed by atoms with Crippen molar-refractivity contribution >= 4 is 17.4 Å². The van der Waals surface area contributed by atoms with Crippen molar-refractivity contribution in [1.82, 2.24) is 0 Å². The Bertz CT molecular complexity index is 484. The van der Waals surface area contributed by atoms with Crippen molar-refractivity contribution in [2.45, 2.75) is 12.8 Å². The minimum absolute atomic E-state index is 0.00147. The second-order valence-electron chi connectivity index (χ2n) is 3.91. The van der Waals surface area contributed by atoms with Gasteiger partial charge in [0.2, 0.25) is 5.91 Å². The van der Waals surface area contributed by atoms with Crippen LogP contribution < -0.4 is 11.1 Å². The summed E-state index contributed by atoms with van der Waals surface area (Å²) in [5.41, 5.74) is 5.50. The van der Waals surface area contributed by atoms with Crippen molar-refractivity contribution in [3.8, 4) is 0 Å². The van der Waals surface area contributed by atoms with Crippen LogP contribution in [0.4, 0.5) is 10.1 Å². The number of rotatable bonds is 3. The molecule has 0 aliphatic heterocycles. The quantitative estimate of drug-likeness (QED) is 0.320. The molecule has 0 aromatic heterocycles. The molecule has 6 heteroatoms. The minimum atomic E-state index is -0.645. The van der Waals surface area contributed by atoms with Gasteiger partial charge in [0.15, 0.2) is 5.84 Å². The number of amidine groups is 1. The van der Waals surface area contributed by atoms with Crippen LogP contribution in [-0.2, 0) is 4.79 Å². The highest BCUT2D eigenvalue weighted by molar-refractivity contribution is 6.06. The molecule has 1 aromatic rings. The van der Waals surface area contributed by atoms with E-state index in [0.29, 0.717) is 0 Å². The highest BCUT2D eigenvalue weighted by Gasteiger charge is 2.30. The smallest absolute Gasteiger partial charge is 0.227 e.